The van der Waals surface area contributed by atoms with Crippen molar-refractivity contribution >= 4 is 5.97 Å². The third kappa shape index (κ3) is 1.79. The molecule has 2 aromatic rings. The monoisotopic (exact) mass is 217 g/mol. The summed E-state index contributed by atoms with van der Waals surface area (Å²) in [6.07, 6.45) is 1.56. The second-order valence-electron chi connectivity index (χ2n) is 3.31. The fourth-order valence-electron chi connectivity index (χ4n) is 1.43. The van der Waals surface area contributed by atoms with Gasteiger partial charge in [0.2, 0.25) is 0 Å². The number of H-pyrrole nitrogens is 1. The average molecular weight is 217 g/mol. The van der Waals surface area contributed by atoms with Crippen LogP contribution in [0.4, 0.5) is 0 Å². The number of nitrogens with zero attached hydrogens (tertiary/aromatic N) is 2. The van der Waals surface area contributed by atoms with Crippen LogP contribution in [0, 0.1) is 6.92 Å². The number of nitrogens with one attached hydrogen (secondary N) is 1. The third-order valence-electron chi connectivity index (χ3n) is 2.19. The molecule has 82 valence electrons. The lowest BCUT2D eigenvalue weighted by Gasteiger charge is -2.01. The molecule has 0 atom stereocenters. The molecule has 0 fully saturated rings. The first-order valence-electron chi connectivity index (χ1n) is 4.78. The molecule has 0 aliphatic rings. The summed E-state index contributed by atoms with van der Waals surface area (Å²) in [5.74, 6) is -0.448. The number of hydrogen-bond acceptors (Lipinski definition) is 4. The van der Waals surface area contributed by atoms with Crippen LogP contribution in [0.2, 0.25) is 0 Å². The molecule has 0 aliphatic carbocycles. The number of ether oxygens (including phenoxy) is 1. The molecule has 0 radical (unpaired) electrons. The zero-order valence-electron chi connectivity index (χ0n) is 9.02. The molecule has 0 amide bonds. The number of rotatable bonds is 2. The number of esters is 1. The highest BCUT2D eigenvalue weighted by atomic mass is 16.5. The first kappa shape index (κ1) is 10.4. The molecule has 5 heteroatoms. The Morgan fingerprint density at radius 3 is 2.94 bits per heavy atom. The average Bonchev–Trinajstić information content (AvgIpc) is 2.77. The lowest BCUT2D eigenvalue weighted by atomic mass is 10.1. The largest absolute Gasteiger partial charge is 0.464 e. The van der Waals surface area contributed by atoms with E-state index in [2.05, 4.69) is 19.9 Å². The van der Waals surface area contributed by atoms with E-state index in [1.54, 1.807) is 6.20 Å². The Labute approximate surface area is 92.5 Å². The second kappa shape index (κ2) is 4.14. The van der Waals surface area contributed by atoms with Gasteiger partial charge < -0.3 is 4.74 Å². The molecule has 0 spiro atoms. The summed E-state index contributed by atoms with van der Waals surface area (Å²) in [7, 11) is 1.33. The van der Waals surface area contributed by atoms with Gasteiger partial charge in [0.1, 0.15) is 0 Å². The van der Waals surface area contributed by atoms with Crippen LogP contribution in [-0.2, 0) is 4.74 Å². The van der Waals surface area contributed by atoms with Crippen molar-refractivity contribution in [3.05, 3.63) is 35.8 Å². The summed E-state index contributed by atoms with van der Waals surface area (Å²) in [5, 5.41) is 6.44. The van der Waals surface area contributed by atoms with Gasteiger partial charge in [-0.1, -0.05) is 6.07 Å². The Morgan fingerprint density at radius 1 is 1.44 bits per heavy atom. The molecule has 0 bridgehead atoms. The quantitative estimate of drug-likeness (QED) is 0.775. The van der Waals surface area contributed by atoms with Crippen LogP contribution in [0.1, 0.15) is 16.2 Å². The van der Waals surface area contributed by atoms with Gasteiger partial charge in [0.15, 0.2) is 5.69 Å². The number of hydrogen-bond donors (Lipinski definition) is 1. The van der Waals surface area contributed by atoms with Gasteiger partial charge in [0.25, 0.3) is 0 Å². The molecule has 2 rings (SSSR count). The smallest absolute Gasteiger partial charge is 0.356 e. The fourth-order valence-corrected chi connectivity index (χ4v) is 1.43. The van der Waals surface area contributed by atoms with E-state index < -0.39 is 5.97 Å². The maximum Gasteiger partial charge on any atom is 0.356 e. The zero-order valence-corrected chi connectivity index (χ0v) is 9.02. The summed E-state index contributed by atoms with van der Waals surface area (Å²) in [5.41, 5.74) is 2.56. The van der Waals surface area contributed by atoms with Gasteiger partial charge in [-0.3, -0.25) is 10.1 Å². The minimum atomic E-state index is -0.448. The van der Waals surface area contributed by atoms with Crippen molar-refractivity contribution in [1.82, 2.24) is 15.2 Å². The van der Waals surface area contributed by atoms with Gasteiger partial charge in [-0.25, -0.2) is 4.79 Å². The van der Waals surface area contributed by atoms with E-state index in [4.69, 9.17) is 0 Å². The fraction of sp³-hybridized carbons (Fsp3) is 0.182. The van der Waals surface area contributed by atoms with Gasteiger partial charge in [-0.2, -0.15) is 5.10 Å². The Kier molecular flexibility index (Phi) is 2.68. The summed E-state index contributed by atoms with van der Waals surface area (Å²) < 4.78 is 4.65. The minimum Gasteiger partial charge on any atom is -0.464 e. The molecule has 0 unspecified atom stereocenters. The van der Waals surface area contributed by atoms with Crippen molar-refractivity contribution in [2.75, 3.05) is 7.11 Å². The van der Waals surface area contributed by atoms with E-state index >= 15 is 0 Å². The highest BCUT2D eigenvalue weighted by Crippen LogP contribution is 2.20. The minimum absolute atomic E-state index is 0.320. The number of aryl methyl sites for hydroxylation is 1. The van der Waals surface area contributed by atoms with E-state index in [9.17, 15) is 4.79 Å². The molecule has 1 N–H and O–H groups in total. The van der Waals surface area contributed by atoms with Crippen molar-refractivity contribution in [2.45, 2.75) is 6.92 Å². The second-order valence-corrected chi connectivity index (χ2v) is 3.31. The Bertz CT molecular complexity index is 519. The number of methoxy groups -OCH3 is 1. The number of carbonyl (C=O) groups is 1. The summed E-state index contributed by atoms with van der Waals surface area (Å²) in [6.45, 7) is 1.89. The standard InChI is InChI=1S/C11H11N3O2/c1-7-4-3-5-9(13-7)8-6-12-14-10(8)11(15)16-2/h3-6H,1-2H3,(H,12,14). The Hall–Kier alpha value is -2.17. The van der Waals surface area contributed by atoms with Gasteiger partial charge in [0, 0.05) is 5.69 Å². The third-order valence-corrected chi connectivity index (χ3v) is 2.19. The lowest BCUT2D eigenvalue weighted by molar-refractivity contribution is 0.0595. The number of pyridine rings is 1. The van der Waals surface area contributed by atoms with Gasteiger partial charge in [0.05, 0.1) is 24.6 Å². The number of aromatic amines is 1. The molecular weight excluding hydrogens is 206 g/mol. The molecule has 0 saturated carbocycles. The summed E-state index contributed by atoms with van der Waals surface area (Å²) in [6, 6.07) is 5.59. The van der Waals surface area contributed by atoms with Crippen LogP contribution in [0.25, 0.3) is 11.3 Å². The summed E-state index contributed by atoms with van der Waals surface area (Å²) in [4.78, 5) is 15.8. The molecule has 0 aromatic carbocycles. The van der Waals surface area contributed by atoms with Crippen LogP contribution in [0.5, 0.6) is 0 Å². The van der Waals surface area contributed by atoms with Crippen molar-refractivity contribution < 1.29 is 9.53 Å². The van der Waals surface area contributed by atoms with Crippen LogP contribution < -0.4 is 0 Å². The van der Waals surface area contributed by atoms with Gasteiger partial charge in [-0.05, 0) is 19.1 Å². The van der Waals surface area contributed by atoms with Crippen molar-refractivity contribution in [3.8, 4) is 11.3 Å². The first-order valence-corrected chi connectivity index (χ1v) is 4.78. The molecular formula is C11H11N3O2. The predicted molar refractivity (Wildman–Crippen MR) is 57.9 cm³/mol. The van der Waals surface area contributed by atoms with E-state index in [0.717, 1.165) is 5.69 Å². The maximum absolute atomic E-state index is 11.4. The molecule has 2 heterocycles. The maximum atomic E-state index is 11.4. The van der Waals surface area contributed by atoms with Gasteiger partial charge in [-0.15, -0.1) is 0 Å². The zero-order chi connectivity index (χ0) is 11.5. The van der Waals surface area contributed by atoms with Crippen molar-refractivity contribution in [3.63, 3.8) is 0 Å². The van der Waals surface area contributed by atoms with Crippen LogP contribution in [0.3, 0.4) is 0 Å². The molecule has 2 aromatic heterocycles. The van der Waals surface area contributed by atoms with Crippen LogP contribution in [0.15, 0.2) is 24.4 Å². The van der Waals surface area contributed by atoms with E-state index in [-0.39, 0.29) is 0 Å². The van der Waals surface area contributed by atoms with Crippen molar-refractivity contribution in [1.29, 1.82) is 0 Å². The van der Waals surface area contributed by atoms with Gasteiger partial charge >= 0.3 is 5.97 Å². The predicted octanol–water partition coefficient (Wildman–Crippen LogP) is 1.57. The SMILES string of the molecule is COC(=O)c1[nH]ncc1-c1cccc(C)n1. The van der Waals surface area contributed by atoms with Crippen LogP contribution in [-0.4, -0.2) is 28.3 Å². The summed E-state index contributed by atoms with van der Waals surface area (Å²) >= 11 is 0. The Morgan fingerprint density at radius 2 is 2.25 bits per heavy atom. The topological polar surface area (TPSA) is 67.9 Å². The molecule has 5 nitrogen and oxygen atoms in total. The number of aromatic nitrogens is 3. The van der Waals surface area contributed by atoms with E-state index in [0.29, 0.717) is 17.0 Å². The normalized spacial score (nSPS) is 10.1. The molecule has 0 aliphatic heterocycles. The first-order chi connectivity index (χ1) is 7.72. The van der Waals surface area contributed by atoms with Crippen LogP contribution >= 0.6 is 0 Å². The Balaban J connectivity index is 2.48. The lowest BCUT2D eigenvalue weighted by Crippen LogP contribution is -2.04. The van der Waals surface area contributed by atoms with E-state index in [1.807, 2.05) is 25.1 Å². The van der Waals surface area contributed by atoms with E-state index in [1.165, 1.54) is 7.11 Å². The highest BCUT2D eigenvalue weighted by Gasteiger charge is 2.16. The molecule has 16 heavy (non-hydrogen) atoms. The molecule has 0 saturated heterocycles. The number of carbonyl (C=O) groups excluding carboxylic acids is 1. The highest BCUT2D eigenvalue weighted by molar-refractivity contribution is 5.94. The van der Waals surface area contributed by atoms with Crippen molar-refractivity contribution in [2.24, 2.45) is 0 Å².